The number of H-pyrrole nitrogens is 1. The largest absolute Gasteiger partial charge is 0.366 e. The van der Waals surface area contributed by atoms with Gasteiger partial charge in [-0.1, -0.05) is 0 Å². The second-order valence-electron chi connectivity index (χ2n) is 5.21. The highest BCUT2D eigenvalue weighted by Gasteiger charge is 2.44. The predicted molar refractivity (Wildman–Crippen MR) is 72.3 cm³/mol. The molecule has 2 fully saturated rings. The summed E-state index contributed by atoms with van der Waals surface area (Å²) >= 11 is 1.63. The number of hydrogen-bond acceptors (Lipinski definition) is 5. The molecule has 1 amide bonds. The number of carbonyl (C=O) groups is 1. The minimum atomic E-state index is 0.00583. The standard InChI is InChI=1S/C13H14N4O2S/c18-13(9-1-2-15-16-9)17-6-8-5-10(19-11(8)7-17)12-14-3-4-20-12/h1-4,8,10-11H,5-7H2,(H,15,16)/t8-,10+,11+/m0/s1. The highest BCUT2D eigenvalue weighted by atomic mass is 32.1. The topological polar surface area (TPSA) is 71.1 Å². The van der Waals surface area contributed by atoms with Crippen LogP contribution in [0.5, 0.6) is 0 Å². The number of likely N-dealkylation sites (tertiary alicyclic amines) is 1. The summed E-state index contributed by atoms with van der Waals surface area (Å²) in [7, 11) is 0. The van der Waals surface area contributed by atoms with Crippen molar-refractivity contribution in [2.75, 3.05) is 13.1 Å². The van der Waals surface area contributed by atoms with Gasteiger partial charge in [-0.05, 0) is 12.5 Å². The number of aromatic nitrogens is 3. The first-order chi connectivity index (χ1) is 9.81. The highest BCUT2D eigenvalue weighted by Crippen LogP contribution is 2.41. The lowest BCUT2D eigenvalue weighted by Crippen LogP contribution is -2.31. The van der Waals surface area contributed by atoms with E-state index in [0.29, 0.717) is 18.2 Å². The van der Waals surface area contributed by atoms with E-state index in [9.17, 15) is 4.79 Å². The van der Waals surface area contributed by atoms with Gasteiger partial charge in [-0.15, -0.1) is 11.3 Å². The lowest BCUT2D eigenvalue weighted by molar-refractivity contribution is 0.0353. The van der Waals surface area contributed by atoms with Crippen LogP contribution in [0.2, 0.25) is 0 Å². The fraction of sp³-hybridized carbons (Fsp3) is 0.462. The molecule has 2 aromatic heterocycles. The molecule has 0 aliphatic carbocycles. The van der Waals surface area contributed by atoms with Crippen molar-refractivity contribution in [1.29, 1.82) is 0 Å². The molecular weight excluding hydrogens is 276 g/mol. The average molecular weight is 290 g/mol. The minimum absolute atomic E-state index is 0.00583. The van der Waals surface area contributed by atoms with E-state index in [1.54, 1.807) is 23.6 Å². The zero-order valence-corrected chi connectivity index (χ0v) is 11.5. The second kappa shape index (κ2) is 4.68. The van der Waals surface area contributed by atoms with Crippen molar-refractivity contribution in [3.63, 3.8) is 0 Å². The molecule has 0 saturated carbocycles. The Balaban J connectivity index is 1.43. The maximum Gasteiger partial charge on any atom is 0.271 e. The Morgan fingerprint density at radius 1 is 1.45 bits per heavy atom. The van der Waals surface area contributed by atoms with Crippen molar-refractivity contribution in [2.24, 2.45) is 5.92 Å². The third-order valence-corrected chi connectivity index (χ3v) is 4.85. The Kier molecular flexibility index (Phi) is 2.82. The number of rotatable bonds is 2. The van der Waals surface area contributed by atoms with E-state index >= 15 is 0 Å². The summed E-state index contributed by atoms with van der Waals surface area (Å²) in [6, 6.07) is 1.70. The zero-order chi connectivity index (χ0) is 13.5. The number of fused-ring (bicyclic) bond motifs is 1. The number of aromatic amines is 1. The highest BCUT2D eigenvalue weighted by molar-refractivity contribution is 7.09. The third kappa shape index (κ3) is 1.94. The average Bonchev–Trinajstić information content (AvgIpc) is 3.19. The van der Waals surface area contributed by atoms with E-state index < -0.39 is 0 Å². The Morgan fingerprint density at radius 3 is 3.10 bits per heavy atom. The van der Waals surface area contributed by atoms with E-state index in [0.717, 1.165) is 18.0 Å². The van der Waals surface area contributed by atoms with Gasteiger partial charge in [0.1, 0.15) is 16.8 Å². The van der Waals surface area contributed by atoms with Crippen LogP contribution >= 0.6 is 11.3 Å². The van der Waals surface area contributed by atoms with Gasteiger partial charge in [-0.3, -0.25) is 9.89 Å². The Hall–Kier alpha value is -1.73. The number of nitrogens with one attached hydrogen (secondary N) is 1. The molecule has 104 valence electrons. The van der Waals surface area contributed by atoms with Crippen molar-refractivity contribution in [3.8, 4) is 0 Å². The second-order valence-corrected chi connectivity index (χ2v) is 6.14. The molecular formula is C13H14N4O2S. The molecule has 0 spiro atoms. The van der Waals surface area contributed by atoms with Crippen LogP contribution in [0.4, 0.5) is 0 Å². The number of amides is 1. The van der Waals surface area contributed by atoms with Crippen LogP contribution in [0.3, 0.4) is 0 Å². The molecule has 2 saturated heterocycles. The number of nitrogens with zero attached hydrogens (tertiary/aromatic N) is 3. The van der Waals surface area contributed by atoms with Crippen LogP contribution in [0.1, 0.15) is 28.0 Å². The Morgan fingerprint density at radius 2 is 2.40 bits per heavy atom. The quantitative estimate of drug-likeness (QED) is 0.909. The van der Waals surface area contributed by atoms with Gasteiger partial charge in [0.2, 0.25) is 0 Å². The summed E-state index contributed by atoms with van der Waals surface area (Å²) < 4.78 is 6.06. The molecule has 4 rings (SSSR count). The molecule has 4 heterocycles. The summed E-state index contributed by atoms with van der Waals surface area (Å²) in [6.45, 7) is 1.41. The number of ether oxygens (including phenoxy) is 1. The van der Waals surface area contributed by atoms with Crippen LogP contribution in [0, 0.1) is 5.92 Å². The summed E-state index contributed by atoms with van der Waals surface area (Å²) in [5.41, 5.74) is 0.543. The first-order valence-electron chi connectivity index (χ1n) is 6.65. The molecule has 0 bridgehead atoms. The molecule has 0 radical (unpaired) electrons. The van der Waals surface area contributed by atoms with E-state index in [1.807, 2.05) is 16.5 Å². The zero-order valence-electron chi connectivity index (χ0n) is 10.7. The fourth-order valence-electron chi connectivity index (χ4n) is 3.03. The van der Waals surface area contributed by atoms with Gasteiger partial charge in [0.05, 0.1) is 6.10 Å². The van der Waals surface area contributed by atoms with Crippen LogP contribution in [0.15, 0.2) is 23.8 Å². The van der Waals surface area contributed by atoms with E-state index in [1.165, 1.54) is 0 Å². The number of thiazole rings is 1. The van der Waals surface area contributed by atoms with Crippen LogP contribution in [-0.4, -0.2) is 45.2 Å². The van der Waals surface area contributed by atoms with Gasteiger partial charge in [0.25, 0.3) is 5.91 Å². The summed E-state index contributed by atoms with van der Waals surface area (Å²) in [5, 5.41) is 9.56. The van der Waals surface area contributed by atoms with Crippen LogP contribution in [-0.2, 0) is 4.74 Å². The lowest BCUT2D eigenvalue weighted by atomic mass is 10.0. The molecule has 0 aromatic carbocycles. The molecule has 7 heteroatoms. The first kappa shape index (κ1) is 12.0. The van der Waals surface area contributed by atoms with Crippen molar-refractivity contribution >= 4 is 17.2 Å². The van der Waals surface area contributed by atoms with Gasteiger partial charge in [0, 0.05) is 36.8 Å². The summed E-state index contributed by atoms with van der Waals surface area (Å²) in [4.78, 5) is 18.4. The maximum absolute atomic E-state index is 12.2. The lowest BCUT2D eigenvalue weighted by Gasteiger charge is -2.17. The molecule has 2 aliphatic rings. The van der Waals surface area contributed by atoms with E-state index in [4.69, 9.17) is 4.74 Å². The number of hydrogen-bond donors (Lipinski definition) is 1. The van der Waals surface area contributed by atoms with Gasteiger partial charge in [0.15, 0.2) is 0 Å². The molecule has 2 aromatic rings. The van der Waals surface area contributed by atoms with Crippen LogP contribution in [0.25, 0.3) is 0 Å². The molecule has 1 N–H and O–H groups in total. The first-order valence-corrected chi connectivity index (χ1v) is 7.53. The van der Waals surface area contributed by atoms with Crippen molar-refractivity contribution in [1.82, 2.24) is 20.1 Å². The molecule has 0 unspecified atom stereocenters. The smallest absolute Gasteiger partial charge is 0.271 e. The summed E-state index contributed by atoms with van der Waals surface area (Å²) in [6.07, 6.45) is 4.60. The van der Waals surface area contributed by atoms with E-state index in [-0.39, 0.29) is 18.1 Å². The molecule has 2 aliphatic heterocycles. The Bertz CT molecular complexity index is 584. The van der Waals surface area contributed by atoms with Crippen LogP contribution < -0.4 is 0 Å². The molecule has 20 heavy (non-hydrogen) atoms. The van der Waals surface area contributed by atoms with Gasteiger partial charge < -0.3 is 9.64 Å². The predicted octanol–water partition coefficient (Wildman–Crippen LogP) is 1.47. The monoisotopic (exact) mass is 290 g/mol. The third-order valence-electron chi connectivity index (χ3n) is 3.98. The molecule has 6 nitrogen and oxygen atoms in total. The fourth-order valence-corrected chi connectivity index (χ4v) is 3.71. The SMILES string of the molecule is O=C(c1ccn[nH]1)N1C[C@@H]2C[C@H](c3nccs3)O[C@@H]2C1. The van der Waals surface area contributed by atoms with E-state index in [2.05, 4.69) is 15.2 Å². The van der Waals surface area contributed by atoms with Gasteiger partial charge >= 0.3 is 0 Å². The normalized spacial score (nSPS) is 28.8. The van der Waals surface area contributed by atoms with Crippen molar-refractivity contribution in [2.45, 2.75) is 18.6 Å². The van der Waals surface area contributed by atoms with Gasteiger partial charge in [-0.25, -0.2) is 4.98 Å². The Labute approximate surface area is 119 Å². The van der Waals surface area contributed by atoms with Crippen molar-refractivity contribution < 1.29 is 9.53 Å². The summed E-state index contributed by atoms with van der Waals surface area (Å²) in [5.74, 6) is 0.419. The van der Waals surface area contributed by atoms with Crippen molar-refractivity contribution in [3.05, 3.63) is 34.5 Å². The maximum atomic E-state index is 12.2. The molecule has 3 atom stereocenters. The number of carbonyl (C=O) groups excluding carboxylic acids is 1. The minimum Gasteiger partial charge on any atom is -0.366 e. The van der Waals surface area contributed by atoms with Gasteiger partial charge in [-0.2, -0.15) is 5.10 Å².